The Morgan fingerprint density at radius 2 is 2.00 bits per heavy atom. The Balaban J connectivity index is 0.000000370. The Bertz CT molecular complexity index is 780. The molecule has 1 atom stereocenters. The number of piperidine rings is 1. The first kappa shape index (κ1) is 23.4. The molecule has 1 unspecified atom stereocenters. The fraction of sp³-hybridized carbons (Fsp3) is 0.647. The lowest BCUT2D eigenvalue weighted by atomic mass is 9.89. The van der Waals surface area contributed by atoms with Crippen molar-refractivity contribution in [1.82, 2.24) is 9.29 Å². The largest absolute Gasteiger partial charge is 0.490 e. The zero-order valence-corrected chi connectivity index (χ0v) is 16.6. The van der Waals surface area contributed by atoms with E-state index >= 15 is 0 Å². The molecule has 0 aromatic carbocycles. The maximum absolute atomic E-state index is 11.9. The molecule has 164 valence electrons. The van der Waals surface area contributed by atoms with Gasteiger partial charge in [-0.3, -0.25) is 0 Å². The molecular weight excluding hydrogens is 417 g/mol. The van der Waals surface area contributed by atoms with Crippen molar-refractivity contribution in [1.29, 1.82) is 0 Å². The Morgan fingerprint density at radius 3 is 2.48 bits per heavy atom. The number of aliphatic carboxylic acids is 1. The number of ether oxygens (including phenoxy) is 2. The first-order valence-electron chi connectivity index (χ1n) is 8.97. The third kappa shape index (κ3) is 6.54. The quantitative estimate of drug-likeness (QED) is 0.764. The molecule has 0 saturated carbocycles. The molecule has 0 aliphatic carbocycles. The van der Waals surface area contributed by atoms with Gasteiger partial charge >= 0.3 is 12.1 Å². The molecule has 0 amide bonds. The van der Waals surface area contributed by atoms with Crippen molar-refractivity contribution >= 4 is 16.0 Å². The standard InChI is InChI=1S/C15H22N2O4S.C2HF3O2/c1-2-22(18,19)17-9-6-15(7-10-17)11-13(12-20-15)21-14-5-3-4-8-16-14;3-2(4,5)1(6)7/h3-5,8,13H,2,6-7,9-12H2,1H3;(H,6,7). The zero-order valence-electron chi connectivity index (χ0n) is 15.8. The average molecular weight is 440 g/mol. The Hall–Kier alpha value is -1.92. The molecule has 8 nitrogen and oxygen atoms in total. The minimum Gasteiger partial charge on any atom is -0.475 e. The van der Waals surface area contributed by atoms with Gasteiger partial charge in [-0.15, -0.1) is 0 Å². The van der Waals surface area contributed by atoms with Crippen LogP contribution >= 0.6 is 0 Å². The molecule has 1 spiro atoms. The first-order valence-corrected chi connectivity index (χ1v) is 10.6. The monoisotopic (exact) mass is 440 g/mol. The molecule has 2 fully saturated rings. The number of alkyl halides is 3. The smallest absolute Gasteiger partial charge is 0.475 e. The number of nitrogens with zero attached hydrogens (tertiary/aromatic N) is 2. The summed E-state index contributed by atoms with van der Waals surface area (Å²) in [6.45, 7) is 3.29. The molecule has 0 bridgehead atoms. The Labute approximate surface area is 166 Å². The van der Waals surface area contributed by atoms with Crippen LogP contribution in [0.25, 0.3) is 0 Å². The van der Waals surface area contributed by atoms with Gasteiger partial charge in [-0.25, -0.2) is 22.5 Å². The van der Waals surface area contributed by atoms with Crippen LogP contribution in [0.1, 0.15) is 26.2 Å². The van der Waals surface area contributed by atoms with Crippen LogP contribution in [-0.4, -0.2) is 72.1 Å². The van der Waals surface area contributed by atoms with Crippen LogP contribution in [0.3, 0.4) is 0 Å². The number of pyridine rings is 1. The number of halogens is 3. The number of carboxylic acids is 1. The molecule has 2 saturated heterocycles. The zero-order chi connectivity index (χ0) is 21.7. The van der Waals surface area contributed by atoms with E-state index in [9.17, 15) is 21.6 Å². The van der Waals surface area contributed by atoms with Crippen molar-refractivity contribution in [2.24, 2.45) is 0 Å². The van der Waals surface area contributed by atoms with Crippen LogP contribution in [0.2, 0.25) is 0 Å². The second kappa shape index (κ2) is 9.26. The van der Waals surface area contributed by atoms with E-state index in [1.807, 2.05) is 18.2 Å². The molecular formula is C17H23F3N2O6S. The summed E-state index contributed by atoms with van der Waals surface area (Å²) in [5.74, 6) is -1.99. The average Bonchev–Trinajstić information content (AvgIpc) is 3.04. The third-order valence-electron chi connectivity index (χ3n) is 4.73. The van der Waals surface area contributed by atoms with Crippen LogP contribution in [0, 0.1) is 0 Å². The third-order valence-corrected chi connectivity index (χ3v) is 6.62. The van der Waals surface area contributed by atoms with E-state index in [2.05, 4.69) is 4.98 Å². The van der Waals surface area contributed by atoms with E-state index in [1.165, 1.54) is 0 Å². The van der Waals surface area contributed by atoms with Gasteiger partial charge in [0.25, 0.3) is 0 Å². The van der Waals surface area contributed by atoms with Crippen molar-refractivity contribution in [2.75, 3.05) is 25.4 Å². The highest BCUT2D eigenvalue weighted by atomic mass is 32.2. The highest BCUT2D eigenvalue weighted by molar-refractivity contribution is 7.89. The van der Waals surface area contributed by atoms with Gasteiger partial charge in [0.2, 0.25) is 15.9 Å². The lowest BCUT2D eigenvalue weighted by molar-refractivity contribution is -0.192. The summed E-state index contributed by atoms with van der Waals surface area (Å²) in [5.41, 5.74) is -0.237. The molecule has 12 heteroatoms. The van der Waals surface area contributed by atoms with E-state index < -0.39 is 22.2 Å². The number of aromatic nitrogens is 1. The highest BCUT2D eigenvalue weighted by Gasteiger charge is 2.45. The predicted molar refractivity (Wildman–Crippen MR) is 95.9 cm³/mol. The molecule has 3 rings (SSSR count). The maximum atomic E-state index is 11.9. The molecule has 2 aliphatic heterocycles. The van der Waals surface area contributed by atoms with Gasteiger partial charge in [0.15, 0.2) is 0 Å². The highest BCUT2D eigenvalue weighted by Crippen LogP contribution is 2.37. The number of sulfonamides is 1. The fourth-order valence-electron chi connectivity index (χ4n) is 3.17. The predicted octanol–water partition coefficient (Wildman–Crippen LogP) is 2.07. The fourth-order valence-corrected chi connectivity index (χ4v) is 4.27. The summed E-state index contributed by atoms with van der Waals surface area (Å²) in [6.07, 6.45) is -1.13. The van der Waals surface area contributed by atoms with Crippen LogP contribution < -0.4 is 4.74 Å². The van der Waals surface area contributed by atoms with Crippen LogP contribution in [0.5, 0.6) is 5.88 Å². The van der Waals surface area contributed by atoms with E-state index in [1.54, 1.807) is 17.4 Å². The summed E-state index contributed by atoms with van der Waals surface area (Å²) in [5, 5.41) is 7.12. The topological polar surface area (TPSA) is 106 Å². The SMILES string of the molecule is CCS(=O)(=O)N1CCC2(CC1)CC(Oc1ccccn1)CO2.O=C(O)C(F)(F)F. The normalized spacial score (nSPS) is 22.0. The minimum absolute atomic E-state index is 0.00997. The maximum Gasteiger partial charge on any atom is 0.490 e. The van der Waals surface area contributed by atoms with Gasteiger partial charge in [-0.1, -0.05) is 6.07 Å². The van der Waals surface area contributed by atoms with Gasteiger partial charge < -0.3 is 14.6 Å². The van der Waals surface area contributed by atoms with Gasteiger partial charge in [0.1, 0.15) is 6.10 Å². The summed E-state index contributed by atoms with van der Waals surface area (Å²) in [6, 6.07) is 5.58. The van der Waals surface area contributed by atoms with Gasteiger partial charge in [-0.2, -0.15) is 13.2 Å². The number of hydrogen-bond acceptors (Lipinski definition) is 6. The van der Waals surface area contributed by atoms with Gasteiger partial charge in [0, 0.05) is 31.8 Å². The number of carboxylic acid groups (broad SMARTS) is 1. The van der Waals surface area contributed by atoms with Crippen molar-refractivity contribution in [3.05, 3.63) is 24.4 Å². The molecule has 29 heavy (non-hydrogen) atoms. The van der Waals surface area contributed by atoms with E-state index in [4.69, 9.17) is 19.4 Å². The lowest BCUT2D eigenvalue weighted by Gasteiger charge is -2.37. The Kier molecular flexibility index (Phi) is 7.46. The Morgan fingerprint density at radius 1 is 1.38 bits per heavy atom. The second-order valence-corrected chi connectivity index (χ2v) is 8.97. The van der Waals surface area contributed by atoms with E-state index in [-0.39, 0.29) is 17.5 Å². The number of carbonyl (C=O) groups is 1. The lowest BCUT2D eigenvalue weighted by Crippen LogP contribution is -2.47. The van der Waals surface area contributed by atoms with Gasteiger partial charge in [-0.05, 0) is 25.8 Å². The first-order chi connectivity index (χ1) is 13.5. The number of rotatable bonds is 4. The van der Waals surface area contributed by atoms with Crippen molar-refractivity contribution < 1.29 is 41.0 Å². The van der Waals surface area contributed by atoms with Crippen molar-refractivity contribution in [2.45, 2.75) is 44.1 Å². The summed E-state index contributed by atoms with van der Waals surface area (Å²) >= 11 is 0. The van der Waals surface area contributed by atoms with Gasteiger partial charge in [0.05, 0.1) is 18.0 Å². The molecule has 2 aliphatic rings. The van der Waals surface area contributed by atoms with Crippen LogP contribution in [0.15, 0.2) is 24.4 Å². The van der Waals surface area contributed by atoms with Crippen LogP contribution in [-0.2, 0) is 19.6 Å². The molecule has 1 aromatic heterocycles. The molecule has 1 N–H and O–H groups in total. The second-order valence-electron chi connectivity index (χ2n) is 6.71. The van der Waals surface area contributed by atoms with Crippen molar-refractivity contribution in [3.8, 4) is 5.88 Å². The van der Waals surface area contributed by atoms with E-state index in [0.29, 0.717) is 25.6 Å². The van der Waals surface area contributed by atoms with Crippen molar-refractivity contribution in [3.63, 3.8) is 0 Å². The van der Waals surface area contributed by atoms with E-state index in [0.717, 1.165) is 19.3 Å². The summed E-state index contributed by atoms with van der Waals surface area (Å²) in [4.78, 5) is 13.1. The molecule has 3 heterocycles. The molecule has 1 aromatic rings. The molecule has 0 radical (unpaired) electrons. The van der Waals surface area contributed by atoms with Crippen LogP contribution in [0.4, 0.5) is 13.2 Å². The minimum atomic E-state index is -5.08. The number of hydrogen-bond donors (Lipinski definition) is 1. The summed E-state index contributed by atoms with van der Waals surface area (Å²) < 4.78 is 69.0. The summed E-state index contributed by atoms with van der Waals surface area (Å²) in [7, 11) is -3.09.